The van der Waals surface area contributed by atoms with Gasteiger partial charge in [0.25, 0.3) is 0 Å². The van der Waals surface area contributed by atoms with Gasteiger partial charge in [0.05, 0.1) is 11.6 Å². The second kappa shape index (κ2) is 8.69. The molecule has 1 aromatic carbocycles. The molecule has 158 valence electrons. The van der Waals surface area contributed by atoms with Crippen molar-refractivity contribution in [2.75, 3.05) is 10.6 Å². The van der Waals surface area contributed by atoms with Crippen molar-refractivity contribution < 1.29 is 4.74 Å². The molecule has 0 unspecified atom stereocenters. The minimum Gasteiger partial charge on any atom is -0.424 e. The van der Waals surface area contributed by atoms with Crippen molar-refractivity contribution in [3.05, 3.63) is 71.7 Å². The lowest BCUT2D eigenvalue weighted by Gasteiger charge is -2.10. The van der Waals surface area contributed by atoms with Crippen molar-refractivity contribution in [1.82, 2.24) is 30.1 Å². The summed E-state index contributed by atoms with van der Waals surface area (Å²) < 4.78 is 5.81. The van der Waals surface area contributed by atoms with Crippen LogP contribution in [0.15, 0.2) is 54.9 Å². The third-order valence-corrected chi connectivity index (χ3v) is 4.84. The largest absolute Gasteiger partial charge is 0.424 e. The van der Waals surface area contributed by atoms with E-state index in [9.17, 15) is 0 Å². The van der Waals surface area contributed by atoms with E-state index < -0.39 is 0 Å². The van der Waals surface area contributed by atoms with Crippen LogP contribution < -0.4 is 15.4 Å². The lowest BCUT2D eigenvalue weighted by molar-refractivity contribution is 0.441. The third kappa shape index (κ3) is 4.79. The summed E-state index contributed by atoms with van der Waals surface area (Å²) in [5, 5.41) is 22.6. The van der Waals surface area contributed by atoms with Gasteiger partial charge in [-0.3, -0.25) is 10.1 Å². The molecule has 3 aromatic heterocycles. The molecule has 0 radical (unpaired) electrons. The van der Waals surface area contributed by atoms with Gasteiger partial charge in [-0.15, -0.1) is 0 Å². The van der Waals surface area contributed by atoms with Gasteiger partial charge in [0.2, 0.25) is 11.9 Å². The number of hydrogen-bond acceptors (Lipinski definition) is 9. The standard InChI is InChI=1S/C22H19N9O/c23-11-14-3-7-17(8-4-14)32-22-28-20(25-13-15-2-1-9-24-12-15)27-21(29-22)26-19-10-18(30-31-19)16-5-6-16/h1-4,7-10,12,16H,5-6,13H2,(H3,25,26,27,28,29,30,31). The fourth-order valence-corrected chi connectivity index (χ4v) is 3.04. The number of H-pyrrole nitrogens is 1. The van der Waals surface area contributed by atoms with Crippen molar-refractivity contribution >= 4 is 17.7 Å². The van der Waals surface area contributed by atoms with Gasteiger partial charge in [0.15, 0.2) is 5.82 Å². The molecule has 0 bridgehead atoms. The molecule has 10 nitrogen and oxygen atoms in total. The number of nitriles is 1. The van der Waals surface area contributed by atoms with Crippen LogP contribution in [0.4, 0.5) is 17.7 Å². The van der Waals surface area contributed by atoms with Crippen LogP contribution in [0.2, 0.25) is 0 Å². The fraction of sp³-hybridized carbons (Fsp3) is 0.182. The van der Waals surface area contributed by atoms with E-state index in [1.807, 2.05) is 18.2 Å². The van der Waals surface area contributed by atoms with E-state index in [2.05, 4.69) is 46.8 Å². The van der Waals surface area contributed by atoms with Gasteiger partial charge >= 0.3 is 6.01 Å². The van der Waals surface area contributed by atoms with Crippen LogP contribution in [-0.2, 0) is 6.54 Å². The lowest BCUT2D eigenvalue weighted by atomic mass is 10.2. The topological polar surface area (TPSA) is 137 Å². The Bertz CT molecular complexity index is 1240. The van der Waals surface area contributed by atoms with Crippen LogP contribution in [-0.4, -0.2) is 30.1 Å². The monoisotopic (exact) mass is 425 g/mol. The highest BCUT2D eigenvalue weighted by molar-refractivity contribution is 5.51. The van der Waals surface area contributed by atoms with Crippen molar-refractivity contribution in [3.8, 4) is 17.8 Å². The Labute approximate surface area is 183 Å². The Kier molecular flexibility index (Phi) is 5.28. The van der Waals surface area contributed by atoms with E-state index in [1.165, 1.54) is 12.8 Å². The Morgan fingerprint density at radius 3 is 2.69 bits per heavy atom. The maximum Gasteiger partial charge on any atom is 0.328 e. The zero-order chi connectivity index (χ0) is 21.8. The smallest absolute Gasteiger partial charge is 0.328 e. The van der Waals surface area contributed by atoms with Gasteiger partial charge < -0.3 is 15.4 Å². The first-order chi connectivity index (χ1) is 15.7. The quantitative estimate of drug-likeness (QED) is 0.384. The third-order valence-electron chi connectivity index (χ3n) is 4.84. The van der Waals surface area contributed by atoms with Crippen LogP contribution in [0.25, 0.3) is 0 Å². The number of aromatic amines is 1. The first kappa shape index (κ1) is 19.4. The SMILES string of the molecule is N#Cc1ccc(Oc2nc(NCc3cccnc3)nc(Nc3cc(C4CC4)[nH]n3)n2)cc1. The van der Waals surface area contributed by atoms with Crippen molar-refractivity contribution in [2.24, 2.45) is 0 Å². The Hall–Kier alpha value is -4.52. The number of anilines is 3. The summed E-state index contributed by atoms with van der Waals surface area (Å²) in [4.78, 5) is 17.3. The molecule has 0 amide bonds. The highest BCUT2D eigenvalue weighted by Gasteiger charge is 2.25. The van der Waals surface area contributed by atoms with E-state index in [-0.39, 0.29) is 6.01 Å². The van der Waals surface area contributed by atoms with E-state index >= 15 is 0 Å². The number of nitrogens with one attached hydrogen (secondary N) is 3. The molecule has 0 saturated heterocycles. The fourth-order valence-electron chi connectivity index (χ4n) is 3.04. The molecule has 0 spiro atoms. The highest BCUT2D eigenvalue weighted by Crippen LogP contribution is 2.39. The average Bonchev–Trinajstić information content (AvgIpc) is 3.58. The molecular weight excluding hydrogens is 406 g/mol. The van der Waals surface area contributed by atoms with Crippen LogP contribution in [0.3, 0.4) is 0 Å². The molecule has 5 rings (SSSR count). The van der Waals surface area contributed by atoms with Gasteiger partial charge in [-0.1, -0.05) is 6.07 Å². The molecule has 1 aliphatic carbocycles. The predicted molar refractivity (Wildman–Crippen MR) is 116 cm³/mol. The second-order valence-corrected chi connectivity index (χ2v) is 7.33. The molecular formula is C22H19N9O. The summed E-state index contributed by atoms with van der Waals surface area (Å²) in [7, 11) is 0. The van der Waals surface area contributed by atoms with Crippen molar-refractivity contribution in [1.29, 1.82) is 5.26 Å². The van der Waals surface area contributed by atoms with Gasteiger partial charge in [-0.05, 0) is 48.7 Å². The lowest BCUT2D eigenvalue weighted by Crippen LogP contribution is -2.08. The molecule has 1 fully saturated rings. The number of aromatic nitrogens is 6. The van der Waals surface area contributed by atoms with E-state index in [1.54, 1.807) is 36.7 Å². The summed E-state index contributed by atoms with van der Waals surface area (Å²) in [5.41, 5.74) is 2.63. The first-order valence-corrected chi connectivity index (χ1v) is 10.1. The summed E-state index contributed by atoms with van der Waals surface area (Å²) in [6.07, 6.45) is 5.85. The summed E-state index contributed by atoms with van der Waals surface area (Å²) in [5.74, 6) is 2.33. The van der Waals surface area contributed by atoms with E-state index in [0.29, 0.717) is 41.5 Å². The normalized spacial score (nSPS) is 12.7. The van der Waals surface area contributed by atoms with Crippen molar-refractivity contribution in [3.63, 3.8) is 0 Å². The van der Waals surface area contributed by atoms with Crippen LogP contribution >= 0.6 is 0 Å². The number of benzene rings is 1. The van der Waals surface area contributed by atoms with Crippen LogP contribution in [0.5, 0.6) is 11.8 Å². The molecule has 3 heterocycles. The van der Waals surface area contributed by atoms with Crippen molar-refractivity contribution in [2.45, 2.75) is 25.3 Å². The summed E-state index contributed by atoms with van der Waals surface area (Å²) in [6, 6.07) is 14.7. The Balaban J connectivity index is 1.38. The number of ether oxygens (including phenoxy) is 1. The minimum atomic E-state index is 0.110. The second-order valence-electron chi connectivity index (χ2n) is 7.33. The van der Waals surface area contributed by atoms with Gasteiger partial charge in [0.1, 0.15) is 5.75 Å². The highest BCUT2D eigenvalue weighted by atomic mass is 16.5. The zero-order valence-electron chi connectivity index (χ0n) is 17.0. The Morgan fingerprint density at radius 2 is 1.94 bits per heavy atom. The molecule has 10 heteroatoms. The molecule has 0 atom stereocenters. The van der Waals surface area contributed by atoms with E-state index in [0.717, 1.165) is 11.3 Å². The molecule has 4 aromatic rings. The zero-order valence-corrected chi connectivity index (χ0v) is 17.0. The number of nitrogens with zero attached hydrogens (tertiary/aromatic N) is 6. The maximum atomic E-state index is 8.97. The predicted octanol–water partition coefficient (Wildman–Crippen LogP) is 3.89. The van der Waals surface area contributed by atoms with Crippen LogP contribution in [0, 0.1) is 11.3 Å². The van der Waals surface area contributed by atoms with Gasteiger partial charge in [-0.2, -0.15) is 25.3 Å². The van der Waals surface area contributed by atoms with Gasteiger partial charge in [0, 0.05) is 36.6 Å². The molecule has 1 aliphatic rings. The molecule has 1 saturated carbocycles. The summed E-state index contributed by atoms with van der Waals surface area (Å²) >= 11 is 0. The number of rotatable bonds is 8. The summed E-state index contributed by atoms with van der Waals surface area (Å²) in [6.45, 7) is 0.488. The molecule has 0 aliphatic heterocycles. The minimum absolute atomic E-state index is 0.110. The number of hydrogen-bond donors (Lipinski definition) is 3. The molecule has 32 heavy (non-hydrogen) atoms. The van der Waals surface area contributed by atoms with Gasteiger partial charge in [-0.25, -0.2) is 0 Å². The van der Waals surface area contributed by atoms with E-state index in [4.69, 9.17) is 10.00 Å². The maximum absolute atomic E-state index is 8.97. The number of pyridine rings is 1. The van der Waals surface area contributed by atoms with Crippen LogP contribution in [0.1, 0.15) is 35.6 Å². The first-order valence-electron chi connectivity index (χ1n) is 10.1. The molecule has 3 N–H and O–H groups in total. The Morgan fingerprint density at radius 1 is 1.09 bits per heavy atom. The average molecular weight is 425 g/mol.